The number of rotatable bonds is 5. The summed E-state index contributed by atoms with van der Waals surface area (Å²) in [4.78, 5) is 11.3. The molecule has 0 bridgehead atoms. The SMILES string of the molecule is COC(=O)C(C)(O)CNC(C)C1CCCC1. The van der Waals surface area contributed by atoms with Gasteiger partial charge in [-0.2, -0.15) is 0 Å². The van der Waals surface area contributed by atoms with Crippen LogP contribution in [0.2, 0.25) is 0 Å². The molecule has 94 valence electrons. The molecular formula is C12H23NO3. The molecule has 16 heavy (non-hydrogen) atoms. The lowest BCUT2D eigenvalue weighted by molar-refractivity contribution is -0.160. The maximum Gasteiger partial charge on any atom is 0.338 e. The predicted molar refractivity (Wildman–Crippen MR) is 62.1 cm³/mol. The Balaban J connectivity index is 2.35. The number of ether oxygens (including phenoxy) is 1. The van der Waals surface area contributed by atoms with Gasteiger partial charge in [-0.3, -0.25) is 0 Å². The fourth-order valence-corrected chi connectivity index (χ4v) is 2.28. The van der Waals surface area contributed by atoms with Gasteiger partial charge in [0.05, 0.1) is 7.11 Å². The van der Waals surface area contributed by atoms with Crippen molar-refractivity contribution in [1.29, 1.82) is 0 Å². The normalized spacial score (nSPS) is 22.8. The number of carbonyl (C=O) groups excluding carboxylic acids is 1. The monoisotopic (exact) mass is 229 g/mol. The number of aliphatic hydroxyl groups is 1. The van der Waals surface area contributed by atoms with E-state index in [2.05, 4.69) is 17.0 Å². The summed E-state index contributed by atoms with van der Waals surface area (Å²) in [6.07, 6.45) is 5.08. The molecule has 1 saturated carbocycles. The van der Waals surface area contributed by atoms with Gasteiger partial charge in [0.25, 0.3) is 0 Å². The summed E-state index contributed by atoms with van der Waals surface area (Å²) >= 11 is 0. The second kappa shape index (κ2) is 5.64. The van der Waals surface area contributed by atoms with E-state index in [1.165, 1.54) is 39.7 Å². The minimum absolute atomic E-state index is 0.247. The zero-order valence-corrected chi connectivity index (χ0v) is 10.5. The molecule has 1 aliphatic carbocycles. The summed E-state index contributed by atoms with van der Waals surface area (Å²) in [5, 5.41) is 13.1. The molecule has 0 amide bonds. The van der Waals surface area contributed by atoms with Gasteiger partial charge in [0.15, 0.2) is 5.60 Å². The van der Waals surface area contributed by atoms with Crippen LogP contribution in [-0.2, 0) is 9.53 Å². The van der Waals surface area contributed by atoms with Gasteiger partial charge < -0.3 is 15.2 Å². The summed E-state index contributed by atoms with van der Waals surface area (Å²) in [5.41, 5.74) is -1.43. The number of hydrogen-bond acceptors (Lipinski definition) is 4. The van der Waals surface area contributed by atoms with Crippen LogP contribution < -0.4 is 5.32 Å². The average molecular weight is 229 g/mol. The van der Waals surface area contributed by atoms with E-state index < -0.39 is 11.6 Å². The molecule has 0 aliphatic heterocycles. The first-order valence-electron chi connectivity index (χ1n) is 6.01. The molecule has 0 saturated heterocycles. The van der Waals surface area contributed by atoms with Crippen LogP contribution in [-0.4, -0.2) is 36.4 Å². The molecule has 0 aromatic heterocycles. The summed E-state index contributed by atoms with van der Waals surface area (Å²) in [6.45, 7) is 3.84. The van der Waals surface area contributed by atoms with Crippen molar-refractivity contribution < 1.29 is 14.6 Å². The van der Waals surface area contributed by atoms with Gasteiger partial charge in [-0.1, -0.05) is 12.8 Å². The van der Waals surface area contributed by atoms with Crippen molar-refractivity contribution in [3.05, 3.63) is 0 Å². The first-order chi connectivity index (χ1) is 7.47. The van der Waals surface area contributed by atoms with Crippen molar-refractivity contribution >= 4 is 5.97 Å². The minimum Gasteiger partial charge on any atom is -0.467 e. The Hall–Kier alpha value is -0.610. The largest absolute Gasteiger partial charge is 0.467 e. The van der Waals surface area contributed by atoms with Gasteiger partial charge in [-0.05, 0) is 32.6 Å². The third kappa shape index (κ3) is 3.46. The van der Waals surface area contributed by atoms with E-state index in [0.29, 0.717) is 12.0 Å². The summed E-state index contributed by atoms with van der Waals surface area (Å²) in [6, 6.07) is 0.346. The predicted octanol–water partition coefficient (Wildman–Crippen LogP) is 1.08. The first kappa shape index (κ1) is 13.5. The van der Waals surface area contributed by atoms with E-state index in [1.807, 2.05) is 0 Å². The van der Waals surface area contributed by atoms with Gasteiger partial charge in [0.1, 0.15) is 0 Å². The van der Waals surface area contributed by atoms with Crippen LogP contribution in [0.5, 0.6) is 0 Å². The number of nitrogens with one attached hydrogen (secondary N) is 1. The van der Waals surface area contributed by atoms with Crippen molar-refractivity contribution in [2.75, 3.05) is 13.7 Å². The van der Waals surface area contributed by atoms with E-state index in [4.69, 9.17) is 0 Å². The molecule has 2 N–H and O–H groups in total. The molecule has 0 heterocycles. The maximum atomic E-state index is 11.3. The van der Waals surface area contributed by atoms with E-state index in [9.17, 15) is 9.90 Å². The van der Waals surface area contributed by atoms with Crippen LogP contribution in [0.25, 0.3) is 0 Å². The summed E-state index contributed by atoms with van der Waals surface area (Å²) in [7, 11) is 1.29. The lowest BCUT2D eigenvalue weighted by Crippen LogP contribution is -2.49. The molecule has 0 aromatic carbocycles. The molecule has 2 unspecified atom stereocenters. The van der Waals surface area contributed by atoms with Gasteiger partial charge in [0, 0.05) is 12.6 Å². The molecule has 0 spiro atoms. The van der Waals surface area contributed by atoms with Crippen molar-refractivity contribution in [3.8, 4) is 0 Å². The molecule has 1 aliphatic rings. The molecule has 0 radical (unpaired) electrons. The molecule has 1 fully saturated rings. The van der Waals surface area contributed by atoms with E-state index in [0.717, 1.165) is 0 Å². The van der Waals surface area contributed by atoms with Gasteiger partial charge >= 0.3 is 5.97 Å². The Bertz CT molecular complexity index is 234. The zero-order chi connectivity index (χ0) is 12.2. The Kier molecular flexibility index (Phi) is 4.74. The van der Waals surface area contributed by atoms with Gasteiger partial charge in [-0.15, -0.1) is 0 Å². The highest BCUT2D eigenvalue weighted by Crippen LogP contribution is 2.27. The Labute approximate surface area is 97.4 Å². The van der Waals surface area contributed by atoms with Crippen LogP contribution in [0.15, 0.2) is 0 Å². The number of hydrogen-bond donors (Lipinski definition) is 2. The Morgan fingerprint density at radius 1 is 1.56 bits per heavy atom. The van der Waals surface area contributed by atoms with Gasteiger partial charge in [0.2, 0.25) is 0 Å². The van der Waals surface area contributed by atoms with Crippen molar-refractivity contribution in [2.45, 2.75) is 51.2 Å². The quantitative estimate of drug-likeness (QED) is 0.693. The second-order valence-corrected chi connectivity index (χ2v) is 4.98. The summed E-state index contributed by atoms with van der Waals surface area (Å²) in [5.74, 6) is 0.0899. The number of methoxy groups -OCH3 is 1. The summed E-state index contributed by atoms with van der Waals surface area (Å²) < 4.78 is 4.54. The molecular weight excluding hydrogens is 206 g/mol. The van der Waals surface area contributed by atoms with Crippen molar-refractivity contribution in [2.24, 2.45) is 5.92 Å². The van der Waals surface area contributed by atoms with E-state index in [1.54, 1.807) is 0 Å². The molecule has 4 heteroatoms. The van der Waals surface area contributed by atoms with E-state index >= 15 is 0 Å². The fraction of sp³-hybridized carbons (Fsp3) is 0.917. The topological polar surface area (TPSA) is 58.6 Å². The van der Waals surface area contributed by atoms with Crippen molar-refractivity contribution in [1.82, 2.24) is 5.32 Å². The minimum atomic E-state index is -1.43. The van der Waals surface area contributed by atoms with Crippen LogP contribution in [0.4, 0.5) is 0 Å². The van der Waals surface area contributed by atoms with Crippen LogP contribution >= 0.6 is 0 Å². The van der Waals surface area contributed by atoms with E-state index in [-0.39, 0.29) is 6.54 Å². The number of carbonyl (C=O) groups is 1. The van der Waals surface area contributed by atoms with Crippen molar-refractivity contribution in [3.63, 3.8) is 0 Å². The number of esters is 1. The Morgan fingerprint density at radius 3 is 2.62 bits per heavy atom. The van der Waals surface area contributed by atoms with Gasteiger partial charge in [-0.25, -0.2) is 4.79 Å². The Morgan fingerprint density at radius 2 is 2.12 bits per heavy atom. The second-order valence-electron chi connectivity index (χ2n) is 4.98. The first-order valence-corrected chi connectivity index (χ1v) is 6.01. The molecule has 0 aromatic rings. The molecule has 4 nitrogen and oxygen atoms in total. The highest BCUT2D eigenvalue weighted by atomic mass is 16.5. The third-order valence-corrected chi connectivity index (χ3v) is 3.50. The highest BCUT2D eigenvalue weighted by Gasteiger charge is 2.32. The lowest BCUT2D eigenvalue weighted by Gasteiger charge is -2.26. The average Bonchev–Trinajstić information content (AvgIpc) is 2.78. The van der Waals surface area contributed by atoms with Crippen LogP contribution in [0.3, 0.4) is 0 Å². The lowest BCUT2D eigenvalue weighted by atomic mass is 9.98. The third-order valence-electron chi connectivity index (χ3n) is 3.50. The zero-order valence-electron chi connectivity index (χ0n) is 10.5. The molecule has 1 rings (SSSR count). The van der Waals surface area contributed by atoms with Crippen LogP contribution in [0.1, 0.15) is 39.5 Å². The fourth-order valence-electron chi connectivity index (χ4n) is 2.28. The molecule has 2 atom stereocenters. The highest BCUT2D eigenvalue weighted by molar-refractivity contribution is 5.78. The standard InChI is InChI=1S/C12H23NO3/c1-9(10-6-4-5-7-10)13-8-12(2,15)11(14)16-3/h9-10,13,15H,4-8H2,1-3H3. The maximum absolute atomic E-state index is 11.3. The smallest absolute Gasteiger partial charge is 0.338 e. The van der Waals surface area contributed by atoms with Crippen LogP contribution in [0, 0.1) is 5.92 Å².